The Balaban J connectivity index is 1.96. The Kier molecular flexibility index (Phi) is 5.59. The Morgan fingerprint density at radius 2 is 2.19 bits per heavy atom. The second-order valence-electron chi connectivity index (χ2n) is 5.38. The first-order valence-electron chi connectivity index (χ1n) is 7.46. The third kappa shape index (κ3) is 4.44. The Labute approximate surface area is 126 Å². The zero-order chi connectivity index (χ0) is 15.1. The Hall–Kier alpha value is -1.59. The fraction of sp³-hybridized carbons (Fsp3) is 0.562. The van der Waals surface area contributed by atoms with Gasteiger partial charge >= 0.3 is 0 Å². The summed E-state index contributed by atoms with van der Waals surface area (Å²) in [5.74, 6) is 0.422. The minimum atomic E-state index is -0.240. The van der Waals surface area contributed by atoms with Gasteiger partial charge in [0.1, 0.15) is 0 Å². The molecule has 1 fully saturated rings. The second-order valence-corrected chi connectivity index (χ2v) is 5.38. The predicted molar refractivity (Wildman–Crippen MR) is 85.7 cm³/mol. The number of aliphatic imine (C=N–C) groups is 1. The third-order valence-electron chi connectivity index (χ3n) is 3.98. The summed E-state index contributed by atoms with van der Waals surface area (Å²) < 4.78 is 11.0. The van der Waals surface area contributed by atoms with Gasteiger partial charge in [-0.05, 0) is 24.1 Å². The lowest BCUT2D eigenvalue weighted by atomic mass is 9.94. The van der Waals surface area contributed by atoms with Crippen molar-refractivity contribution < 1.29 is 9.47 Å². The van der Waals surface area contributed by atoms with Gasteiger partial charge in [-0.2, -0.15) is 0 Å². The standard InChI is InChI=1S/C16H25N3O2/c1-3-13-5-4-6-14(11-13)19-15(17)18-12-16(20-2)7-9-21-10-8-16/h4-6,11H,3,7-10,12H2,1-2H3,(H3,17,18,19). The number of rotatable bonds is 5. The van der Waals surface area contributed by atoms with Crippen molar-refractivity contribution in [1.29, 1.82) is 0 Å². The van der Waals surface area contributed by atoms with Gasteiger partial charge in [0, 0.05) is 38.9 Å². The van der Waals surface area contributed by atoms with Crippen molar-refractivity contribution >= 4 is 11.6 Å². The molecule has 0 atom stereocenters. The van der Waals surface area contributed by atoms with E-state index in [0.717, 1.165) is 38.2 Å². The Morgan fingerprint density at radius 3 is 2.86 bits per heavy atom. The Bertz CT molecular complexity index is 482. The molecule has 1 aliphatic heterocycles. The van der Waals surface area contributed by atoms with Crippen LogP contribution in [0.3, 0.4) is 0 Å². The van der Waals surface area contributed by atoms with Gasteiger partial charge in [-0.25, -0.2) is 0 Å². The molecule has 2 rings (SSSR count). The van der Waals surface area contributed by atoms with Crippen LogP contribution >= 0.6 is 0 Å². The number of ether oxygens (including phenoxy) is 2. The fourth-order valence-electron chi connectivity index (χ4n) is 2.46. The lowest BCUT2D eigenvalue weighted by Gasteiger charge is -2.34. The normalized spacial score (nSPS) is 18.5. The summed E-state index contributed by atoms with van der Waals surface area (Å²) in [5.41, 5.74) is 7.98. The number of nitrogens with zero attached hydrogens (tertiary/aromatic N) is 1. The molecule has 0 radical (unpaired) electrons. The summed E-state index contributed by atoms with van der Waals surface area (Å²) >= 11 is 0. The maximum absolute atomic E-state index is 5.98. The molecular formula is C16H25N3O2. The van der Waals surface area contributed by atoms with Crippen LogP contribution in [0.15, 0.2) is 29.3 Å². The summed E-state index contributed by atoms with van der Waals surface area (Å²) in [5, 5.41) is 3.14. The van der Waals surface area contributed by atoms with E-state index in [1.165, 1.54) is 5.56 Å². The van der Waals surface area contributed by atoms with Crippen LogP contribution in [0.4, 0.5) is 5.69 Å². The third-order valence-corrected chi connectivity index (χ3v) is 3.98. The largest absolute Gasteiger partial charge is 0.381 e. The van der Waals surface area contributed by atoms with E-state index in [9.17, 15) is 0 Å². The summed E-state index contributed by atoms with van der Waals surface area (Å²) in [6, 6.07) is 8.19. The number of benzene rings is 1. The molecule has 1 aromatic rings. The fourth-order valence-corrected chi connectivity index (χ4v) is 2.46. The number of methoxy groups -OCH3 is 1. The van der Waals surface area contributed by atoms with Gasteiger partial charge in [-0.1, -0.05) is 19.1 Å². The van der Waals surface area contributed by atoms with Crippen LogP contribution in [0, 0.1) is 0 Å². The molecule has 0 amide bonds. The average Bonchev–Trinajstić information content (AvgIpc) is 2.54. The van der Waals surface area contributed by atoms with Gasteiger partial charge < -0.3 is 20.5 Å². The summed E-state index contributed by atoms with van der Waals surface area (Å²) in [6.07, 6.45) is 2.70. The first-order chi connectivity index (χ1) is 10.2. The van der Waals surface area contributed by atoms with Gasteiger partial charge in [0.15, 0.2) is 5.96 Å². The van der Waals surface area contributed by atoms with Crippen molar-refractivity contribution in [2.45, 2.75) is 31.8 Å². The highest BCUT2D eigenvalue weighted by molar-refractivity contribution is 5.92. The number of aryl methyl sites for hydroxylation is 1. The van der Waals surface area contributed by atoms with Crippen molar-refractivity contribution in [2.24, 2.45) is 10.7 Å². The summed E-state index contributed by atoms with van der Waals surface area (Å²) in [4.78, 5) is 4.44. The van der Waals surface area contributed by atoms with Crippen LogP contribution in [0.1, 0.15) is 25.3 Å². The van der Waals surface area contributed by atoms with E-state index in [1.54, 1.807) is 7.11 Å². The Morgan fingerprint density at radius 1 is 1.43 bits per heavy atom. The minimum absolute atomic E-state index is 0.240. The van der Waals surface area contributed by atoms with Crippen LogP contribution in [0.5, 0.6) is 0 Å². The molecule has 0 unspecified atom stereocenters. The number of nitrogens with one attached hydrogen (secondary N) is 1. The molecule has 0 spiro atoms. The monoisotopic (exact) mass is 291 g/mol. The molecular weight excluding hydrogens is 266 g/mol. The smallest absolute Gasteiger partial charge is 0.193 e. The molecule has 0 aromatic heterocycles. The highest BCUT2D eigenvalue weighted by Gasteiger charge is 2.32. The maximum Gasteiger partial charge on any atom is 0.193 e. The predicted octanol–water partition coefficient (Wildman–Crippen LogP) is 2.17. The molecule has 1 heterocycles. The molecule has 116 valence electrons. The van der Waals surface area contributed by atoms with E-state index in [4.69, 9.17) is 15.2 Å². The summed E-state index contributed by atoms with van der Waals surface area (Å²) in [6.45, 7) is 4.12. The lowest BCUT2D eigenvalue weighted by Crippen LogP contribution is -2.42. The topological polar surface area (TPSA) is 68.9 Å². The molecule has 0 bridgehead atoms. The first kappa shape index (κ1) is 15.8. The number of nitrogens with two attached hydrogens (primary N) is 1. The minimum Gasteiger partial charge on any atom is -0.381 e. The molecule has 1 saturated heterocycles. The quantitative estimate of drug-likeness (QED) is 0.644. The lowest BCUT2D eigenvalue weighted by molar-refractivity contribution is -0.0828. The van der Waals surface area contributed by atoms with Crippen LogP contribution in [0.25, 0.3) is 0 Å². The van der Waals surface area contributed by atoms with Gasteiger partial charge in [-0.15, -0.1) is 0 Å². The van der Waals surface area contributed by atoms with Crippen LogP contribution in [0.2, 0.25) is 0 Å². The van der Waals surface area contributed by atoms with Crippen LogP contribution in [-0.4, -0.2) is 38.4 Å². The molecule has 0 aliphatic carbocycles. The highest BCUT2D eigenvalue weighted by Crippen LogP contribution is 2.24. The van der Waals surface area contributed by atoms with E-state index >= 15 is 0 Å². The van der Waals surface area contributed by atoms with Crippen molar-refractivity contribution in [2.75, 3.05) is 32.2 Å². The van der Waals surface area contributed by atoms with Gasteiger partial charge in [0.2, 0.25) is 0 Å². The van der Waals surface area contributed by atoms with Crippen molar-refractivity contribution in [3.63, 3.8) is 0 Å². The number of guanidine groups is 1. The van der Waals surface area contributed by atoms with Crippen molar-refractivity contribution in [3.8, 4) is 0 Å². The average molecular weight is 291 g/mol. The SMILES string of the molecule is CCc1cccc(NC(N)=NCC2(OC)CCOCC2)c1. The van der Waals surface area contributed by atoms with Crippen LogP contribution < -0.4 is 11.1 Å². The highest BCUT2D eigenvalue weighted by atomic mass is 16.5. The second kappa shape index (κ2) is 7.43. The molecule has 5 heteroatoms. The van der Waals surface area contributed by atoms with E-state index in [-0.39, 0.29) is 5.60 Å². The maximum atomic E-state index is 5.98. The zero-order valence-electron chi connectivity index (χ0n) is 12.9. The molecule has 5 nitrogen and oxygen atoms in total. The van der Waals surface area contributed by atoms with E-state index in [1.807, 2.05) is 12.1 Å². The molecule has 0 saturated carbocycles. The van der Waals surface area contributed by atoms with Crippen LogP contribution in [-0.2, 0) is 15.9 Å². The molecule has 1 aromatic carbocycles. The molecule has 1 aliphatic rings. The van der Waals surface area contributed by atoms with Gasteiger partial charge in [-0.3, -0.25) is 4.99 Å². The van der Waals surface area contributed by atoms with Crippen molar-refractivity contribution in [3.05, 3.63) is 29.8 Å². The number of anilines is 1. The number of hydrogen-bond donors (Lipinski definition) is 2. The van der Waals surface area contributed by atoms with E-state index < -0.39 is 0 Å². The summed E-state index contributed by atoms with van der Waals surface area (Å²) in [7, 11) is 1.73. The van der Waals surface area contributed by atoms with Crippen molar-refractivity contribution in [1.82, 2.24) is 0 Å². The van der Waals surface area contributed by atoms with E-state index in [2.05, 4.69) is 29.4 Å². The van der Waals surface area contributed by atoms with Gasteiger partial charge in [0.25, 0.3) is 0 Å². The van der Waals surface area contributed by atoms with Gasteiger partial charge in [0.05, 0.1) is 12.1 Å². The number of hydrogen-bond acceptors (Lipinski definition) is 3. The zero-order valence-corrected chi connectivity index (χ0v) is 12.9. The molecule has 21 heavy (non-hydrogen) atoms. The molecule has 3 N–H and O–H groups in total. The first-order valence-corrected chi connectivity index (χ1v) is 7.46. The van der Waals surface area contributed by atoms with E-state index in [0.29, 0.717) is 12.5 Å².